The van der Waals surface area contributed by atoms with Crippen molar-refractivity contribution in [3.63, 3.8) is 0 Å². The van der Waals surface area contributed by atoms with E-state index >= 15 is 0 Å². The summed E-state index contributed by atoms with van der Waals surface area (Å²) in [5, 5.41) is 7.44. The van der Waals surface area contributed by atoms with Gasteiger partial charge in [0.1, 0.15) is 5.82 Å². The monoisotopic (exact) mass is 434 g/mol. The van der Waals surface area contributed by atoms with Crippen LogP contribution in [0.4, 0.5) is 10.1 Å². The van der Waals surface area contributed by atoms with Gasteiger partial charge in [-0.25, -0.2) is 9.07 Å². The first-order chi connectivity index (χ1) is 15.3. The lowest BCUT2D eigenvalue weighted by Crippen LogP contribution is -2.34. The molecule has 0 saturated carbocycles. The van der Waals surface area contributed by atoms with Gasteiger partial charge in [0.25, 0.3) is 0 Å². The molecule has 3 aromatic rings. The number of benzene rings is 2. The molecule has 0 spiro atoms. The highest BCUT2D eigenvalue weighted by Gasteiger charge is 2.36. The van der Waals surface area contributed by atoms with Crippen molar-refractivity contribution in [2.45, 2.75) is 40.2 Å². The number of aryl methyl sites for hydroxylation is 1. The molecule has 2 unspecified atom stereocenters. The number of aromatic nitrogens is 2. The van der Waals surface area contributed by atoms with Crippen LogP contribution in [0.15, 0.2) is 48.7 Å². The Balaban J connectivity index is 1.46. The number of amides is 2. The van der Waals surface area contributed by atoms with Crippen molar-refractivity contribution in [2.75, 3.05) is 11.4 Å². The van der Waals surface area contributed by atoms with E-state index in [1.165, 1.54) is 12.1 Å². The summed E-state index contributed by atoms with van der Waals surface area (Å²) in [4.78, 5) is 27.3. The van der Waals surface area contributed by atoms with E-state index in [0.717, 1.165) is 33.8 Å². The van der Waals surface area contributed by atoms with Crippen LogP contribution in [-0.4, -0.2) is 28.1 Å². The Hall–Kier alpha value is -3.48. The first-order valence-corrected chi connectivity index (χ1v) is 10.7. The maximum Gasteiger partial charge on any atom is 0.227 e. The van der Waals surface area contributed by atoms with E-state index in [-0.39, 0.29) is 30.1 Å². The third-order valence-electron chi connectivity index (χ3n) is 6.31. The predicted octanol–water partition coefficient (Wildman–Crippen LogP) is 4.17. The van der Waals surface area contributed by atoms with E-state index in [2.05, 4.69) is 10.4 Å². The molecule has 0 aliphatic carbocycles. The molecule has 0 bridgehead atoms. The molecule has 2 aromatic carbocycles. The van der Waals surface area contributed by atoms with Crippen molar-refractivity contribution in [2.24, 2.45) is 5.92 Å². The van der Waals surface area contributed by atoms with Gasteiger partial charge >= 0.3 is 0 Å². The molecule has 1 aliphatic heterocycles. The molecule has 166 valence electrons. The van der Waals surface area contributed by atoms with Gasteiger partial charge in [0.2, 0.25) is 11.8 Å². The largest absolute Gasteiger partial charge is 0.349 e. The van der Waals surface area contributed by atoms with E-state index in [1.54, 1.807) is 27.9 Å². The molecule has 1 aliphatic rings. The van der Waals surface area contributed by atoms with Gasteiger partial charge in [0.15, 0.2) is 0 Å². The smallest absolute Gasteiger partial charge is 0.227 e. The van der Waals surface area contributed by atoms with Crippen LogP contribution < -0.4 is 10.2 Å². The van der Waals surface area contributed by atoms with E-state index in [1.807, 2.05) is 45.9 Å². The fourth-order valence-corrected chi connectivity index (χ4v) is 4.24. The Morgan fingerprint density at radius 3 is 2.59 bits per heavy atom. The quantitative estimate of drug-likeness (QED) is 0.656. The van der Waals surface area contributed by atoms with E-state index in [4.69, 9.17) is 0 Å². The molecular formula is C25H27FN4O2. The second-order valence-corrected chi connectivity index (χ2v) is 8.43. The second kappa shape index (κ2) is 8.57. The Bertz CT molecular complexity index is 1170. The maximum atomic E-state index is 13.2. The normalized spacial score (nSPS) is 17.0. The van der Waals surface area contributed by atoms with Crippen molar-refractivity contribution in [3.05, 3.63) is 76.9 Å². The lowest BCUT2D eigenvalue weighted by atomic mass is 10.1. The highest BCUT2D eigenvalue weighted by molar-refractivity contribution is 6.01. The summed E-state index contributed by atoms with van der Waals surface area (Å²) < 4.78 is 14.9. The van der Waals surface area contributed by atoms with Gasteiger partial charge in [-0.15, -0.1) is 0 Å². The van der Waals surface area contributed by atoms with Crippen molar-refractivity contribution in [3.8, 4) is 5.69 Å². The number of halogens is 1. The van der Waals surface area contributed by atoms with Gasteiger partial charge in [-0.3, -0.25) is 9.59 Å². The Labute approximate surface area is 187 Å². The predicted molar refractivity (Wildman–Crippen MR) is 121 cm³/mol. The Morgan fingerprint density at radius 1 is 1.16 bits per heavy atom. The molecule has 0 radical (unpaired) electrons. The summed E-state index contributed by atoms with van der Waals surface area (Å²) >= 11 is 0. The highest BCUT2D eigenvalue weighted by atomic mass is 19.1. The van der Waals surface area contributed by atoms with Crippen LogP contribution in [0.3, 0.4) is 0 Å². The Morgan fingerprint density at radius 2 is 1.88 bits per heavy atom. The third kappa shape index (κ3) is 4.02. The van der Waals surface area contributed by atoms with Gasteiger partial charge in [-0.2, -0.15) is 5.10 Å². The lowest BCUT2D eigenvalue weighted by molar-refractivity contribution is -0.126. The average molecular weight is 435 g/mol. The molecular weight excluding hydrogens is 407 g/mol. The minimum Gasteiger partial charge on any atom is -0.349 e. The zero-order valence-corrected chi connectivity index (χ0v) is 18.7. The van der Waals surface area contributed by atoms with Crippen molar-refractivity contribution in [1.29, 1.82) is 0 Å². The fraction of sp³-hybridized carbons (Fsp3) is 0.320. The van der Waals surface area contributed by atoms with Gasteiger partial charge in [0, 0.05) is 29.9 Å². The zero-order valence-electron chi connectivity index (χ0n) is 18.7. The number of carbonyl (C=O) groups excluding carboxylic acids is 2. The molecule has 2 atom stereocenters. The van der Waals surface area contributed by atoms with Crippen molar-refractivity contribution >= 4 is 17.5 Å². The minimum atomic E-state index is -0.405. The average Bonchev–Trinajstić information content (AvgIpc) is 3.33. The van der Waals surface area contributed by atoms with Crippen LogP contribution in [0, 0.1) is 32.5 Å². The zero-order chi connectivity index (χ0) is 23.0. The van der Waals surface area contributed by atoms with Crippen LogP contribution in [0.2, 0.25) is 0 Å². The van der Waals surface area contributed by atoms with Crippen LogP contribution in [0.1, 0.15) is 41.8 Å². The number of nitrogens with zero attached hydrogens (tertiary/aromatic N) is 3. The van der Waals surface area contributed by atoms with E-state index < -0.39 is 5.92 Å². The lowest BCUT2D eigenvalue weighted by Gasteiger charge is -2.21. The van der Waals surface area contributed by atoms with Crippen molar-refractivity contribution in [1.82, 2.24) is 15.1 Å². The molecule has 1 saturated heterocycles. The number of carbonyl (C=O) groups is 2. The molecule has 2 amide bonds. The SMILES string of the molecule is Cc1cccc(N2CC(C(=O)NC(C)c3cnn(-c4ccc(F)cc4)c3C)CC2=O)c1C. The third-order valence-corrected chi connectivity index (χ3v) is 6.31. The number of nitrogens with one attached hydrogen (secondary N) is 1. The topological polar surface area (TPSA) is 67.2 Å². The first-order valence-electron chi connectivity index (χ1n) is 10.7. The number of hydrogen-bond acceptors (Lipinski definition) is 3. The standard InChI is InChI=1S/C25H27FN4O2/c1-15-6-5-7-23(16(15)2)29-14-19(12-24(29)31)25(32)28-17(3)22-13-27-30(18(22)4)21-10-8-20(26)9-11-21/h5-11,13,17,19H,12,14H2,1-4H3,(H,28,32). The van der Waals surface area contributed by atoms with Gasteiger partial charge in [-0.1, -0.05) is 12.1 Å². The molecule has 7 heteroatoms. The summed E-state index contributed by atoms with van der Waals surface area (Å²) in [6.07, 6.45) is 1.91. The summed E-state index contributed by atoms with van der Waals surface area (Å²) in [6, 6.07) is 11.7. The second-order valence-electron chi connectivity index (χ2n) is 8.43. The molecule has 1 N–H and O–H groups in total. The summed E-state index contributed by atoms with van der Waals surface area (Å²) in [6.45, 7) is 8.19. The van der Waals surface area contributed by atoms with E-state index in [0.29, 0.717) is 6.54 Å². The summed E-state index contributed by atoms with van der Waals surface area (Å²) in [7, 11) is 0. The maximum absolute atomic E-state index is 13.2. The molecule has 4 rings (SSSR count). The van der Waals surface area contributed by atoms with Crippen molar-refractivity contribution < 1.29 is 14.0 Å². The van der Waals surface area contributed by atoms with Crippen LogP contribution in [0.5, 0.6) is 0 Å². The first kappa shape index (κ1) is 21.7. The van der Waals surface area contributed by atoms with Gasteiger partial charge in [-0.05, 0) is 69.2 Å². The minimum absolute atomic E-state index is 0.0354. The van der Waals surface area contributed by atoms with Gasteiger partial charge in [0.05, 0.1) is 23.8 Å². The number of anilines is 1. The molecule has 32 heavy (non-hydrogen) atoms. The van der Waals surface area contributed by atoms with E-state index in [9.17, 15) is 14.0 Å². The molecule has 1 fully saturated rings. The molecule has 1 aromatic heterocycles. The van der Waals surface area contributed by atoms with Crippen LogP contribution >= 0.6 is 0 Å². The fourth-order valence-electron chi connectivity index (χ4n) is 4.24. The van der Waals surface area contributed by atoms with Crippen LogP contribution in [0.25, 0.3) is 5.69 Å². The number of rotatable bonds is 5. The number of hydrogen-bond donors (Lipinski definition) is 1. The van der Waals surface area contributed by atoms with Gasteiger partial charge < -0.3 is 10.2 Å². The Kier molecular flexibility index (Phi) is 5.82. The molecule has 2 heterocycles. The highest BCUT2D eigenvalue weighted by Crippen LogP contribution is 2.30. The molecule has 6 nitrogen and oxygen atoms in total. The summed E-state index contributed by atoms with van der Waals surface area (Å²) in [5.41, 5.74) is 5.53. The summed E-state index contributed by atoms with van der Waals surface area (Å²) in [5.74, 6) is -0.892. The van der Waals surface area contributed by atoms with Crippen LogP contribution in [-0.2, 0) is 9.59 Å².